The SMILES string of the molecule is CCN(CC(C)C(N)=S)S(=O)(=O)c1ccc(Cl)c(Br)c1. The Hall–Kier alpha value is -0.210. The summed E-state index contributed by atoms with van der Waals surface area (Å²) in [6.07, 6.45) is 0. The number of nitrogens with zero attached hydrogens (tertiary/aromatic N) is 1. The Morgan fingerprint density at radius 2 is 2.15 bits per heavy atom. The summed E-state index contributed by atoms with van der Waals surface area (Å²) in [5.74, 6) is -0.185. The molecule has 2 N–H and O–H groups in total. The number of rotatable bonds is 6. The van der Waals surface area contributed by atoms with E-state index in [1.165, 1.54) is 16.4 Å². The van der Waals surface area contributed by atoms with Crippen molar-refractivity contribution in [3.63, 3.8) is 0 Å². The third-order valence-electron chi connectivity index (χ3n) is 2.84. The highest BCUT2D eigenvalue weighted by atomic mass is 79.9. The Balaban J connectivity index is 3.11. The van der Waals surface area contributed by atoms with Gasteiger partial charge in [-0.1, -0.05) is 37.7 Å². The summed E-state index contributed by atoms with van der Waals surface area (Å²) in [4.78, 5) is 0.488. The lowest BCUT2D eigenvalue weighted by molar-refractivity contribution is 0.405. The van der Waals surface area contributed by atoms with Gasteiger partial charge in [-0.25, -0.2) is 8.42 Å². The fourth-order valence-corrected chi connectivity index (χ4v) is 3.87. The third kappa shape index (κ3) is 4.14. The van der Waals surface area contributed by atoms with E-state index in [-0.39, 0.29) is 17.4 Å². The van der Waals surface area contributed by atoms with Crippen molar-refractivity contribution in [1.82, 2.24) is 4.31 Å². The van der Waals surface area contributed by atoms with Gasteiger partial charge >= 0.3 is 0 Å². The van der Waals surface area contributed by atoms with Crippen LogP contribution in [0.1, 0.15) is 13.8 Å². The zero-order valence-electron chi connectivity index (χ0n) is 11.1. The van der Waals surface area contributed by atoms with E-state index >= 15 is 0 Å². The quantitative estimate of drug-likeness (QED) is 0.747. The van der Waals surface area contributed by atoms with Crippen molar-refractivity contribution >= 4 is 54.8 Å². The molecule has 0 heterocycles. The van der Waals surface area contributed by atoms with Crippen LogP contribution in [0.15, 0.2) is 27.6 Å². The first-order chi connectivity index (χ1) is 9.20. The van der Waals surface area contributed by atoms with Gasteiger partial charge in [-0.3, -0.25) is 0 Å². The largest absolute Gasteiger partial charge is 0.393 e. The molecule has 0 aliphatic heterocycles. The van der Waals surface area contributed by atoms with Crippen LogP contribution in [0.4, 0.5) is 0 Å². The molecule has 1 aromatic carbocycles. The van der Waals surface area contributed by atoms with Gasteiger partial charge in [-0.15, -0.1) is 0 Å². The van der Waals surface area contributed by atoms with E-state index in [9.17, 15) is 8.42 Å². The predicted octanol–water partition coefficient (Wildman–Crippen LogP) is 3.04. The van der Waals surface area contributed by atoms with E-state index < -0.39 is 10.0 Å². The predicted molar refractivity (Wildman–Crippen MR) is 89.5 cm³/mol. The topological polar surface area (TPSA) is 63.4 Å². The van der Waals surface area contributed by atoms with Crippen molar-refractivity contribution in [2.75, 3.05) is 13.1 Å². The lowest BCUT2D eigenvalue weighted by Gasteiger charge is -2.23. The van der Waals surface area contributed by atoms with Crippen molar-refractivity contribution < 1.29 is 8.42 Å². The molecule has 0 aliphatic rings. The Morgan fingerprint density at radius 3 is 2.60 bits per heavy atom. The van der Waals surface area contributed by atoms with Crippen molar-refractivity contribution in [3.05, 3.63) is 27.7 Å². The third-order valence-corrected chi connectivity index (χ3v) is 6.40. The molecular weight excluding hydrogens is 384 g/mol. The molecule has 0 aliphatic carbocycles. The van der Waals surface area contributed by atoms with Crippen LogP contribution in [0.3, 0.4) is 0 Å². The molecule has 1 atom stereocenters. The summed E-state index contributed by atoms with van der Waals surface area (Å²) in [6.45, 7) is 4.18. The number of hydrogen-bond donors (Lipinski definition) is 1. The number of hydrogen-bond acceptors (Lipinski definition) is 3. The monoisotopic (exact) mass is 398 g/mol. The van der Waals surface area contributed by atoms with Gasteiger partial charge < -0.3 is 5.73 Å². The second kappa shape index (κ2) is 7.17. The molecule has 0 spiro atoms. The number of benzene rings is 1. The fourth-order valence-electron chi connectivity index (χ4n) is 1.58. The van der Waals surface area contributed by atoms with E-state index in [4.69, 9.17) is 29.6 Å². The molecule has 0 bridgehead atoms. The molecule has 0 saturated heterocycles. The zero-order chi connectivity index (χ0) is 15.5. The maximum Gasteiger partial charge on any atom is 0.243 e. The van der Waals surface area contributed by atoms with Crippen LogP contribution < -0.4 is 5.73 Å². The Morgan fingerprint density at radius 1 is 1.55 bits per heavy atom. The molecule has 0 amide bonds. The van der Waals surface area contributed by atoms with Crippen molar-refractivity contribution in [1.29, 1.82) is 0 Å². The summed E-state index contributed by atoms with van der Waals surface area (Å²) >= 11 is 14.0. The van der Waals surface area contributed by atoms with Crippen LogP contribution in [0.25, 0.3) is 0 Å². The van der Waals surface area contributed by atoms with Crippen LogP contribution >= 0.6 is 39.7 Å². The number of sulfonamides is 1. The first-order valence-electron chi connectivity index (χ1n) is 5.94. The highest BCUT2D eigenvalue weighted by molar-refractivity contribution is 9.10. The van der Waals surface area contributed by atoms with Crippen LogP contribution in [0.5, 0.6) is 0 Å². The first kappa shape index (κ1) is 17.8. The molecule has 8 heteroatoms. The number of nitrogens with two attached hydrogens (primary N) is 1. The summed E-state index contributed by atoms with van der Waals surface area (Å²) in [5.41, 5.74) is 5.55. The van der Waals surface area contributed by atoms with Crippen molar-refractivity contribution in [3.8, 4) is 0 Å². The highest BCUT2D eigenvalue weighted by Crippen LogP contribution is 2.27. The molecular formula is C12H16BrClN2O2S2. The maximum absolute atomic E-state index is 12.6. The minimum absolute atomic E-state index is 0.185. The maximum atomic E-state index is 12.6. The van der Waals surface area contributed by atoms with E-state index in [0.717, 1.165) is 0 Å². The minimum atomic E-state index is -3.59. The molecule has 0 fully saturated rings. The molecule has 1 unspecified atom stereocenters. The normalized spacial score (nSPS) is 13.4. The van der Waals surface area contributed by atoms with Gasteiger partial charge in [-0.05, 0) is 34.1 Å². The van der Waals surface area contributed by atoms with Gasteiger partial charge in [0.2, 0.25) is 10.0 Å². The van der Waals surface area contributed by atoms with Gasteiger partial charge in [-0.2, -0.15) is 4.31 Å². The standard InChI is InChI=1S/C12H16BrClN2O2S2/c1-3-16(7-8(2)12(15)19)20(17,18)9-4-5-11(14)10(13)6-9/h4-6,8H,3,7H2,1-2H3,(H2,15,19). The highest BCUT2D eigenvalue weighted by Gasteiger charge is 2.25. The molecule has 1 rings (SSSR count). The summed E-state index contributed by atoms with van der Waals surface area (Å²) < 4.78 is 27.0. The van der Waals surface area contributed by atoms with Crippen LogP contribution in [-0.2, 0) is 10.0 Å². The van der Waals surface area contributed by atoms with E-state index in [1.54, 1.807) is 19.9 Å². The van der Waals surface area contributed by atoms with Gasteiger partial charge in [0.15, 0.2) is 0 Å². The molecule has 0 aromatic heterocycles. The van der Waals surface area contributed by atoms with Gasteiger partial charge in [0.25, 0.3) is 0 Å². The molecule has 20 heavy (non-hydrogen) atoms. The van der Waals surface area contributed by atoms with Crippen LogP contribution in [0, 0.1) is 5.92 Å². The van der Waals surface area contributed by atoms with Gasteiger partial charge in [0.1, 0.15) is 0 Å². The first-order valence-corrected chi connectivity index (χ1v) is 8.96. The van der Waals surface area contributed by atoms with Crippen LogP contribution in [0.2, 0.25) is 5.02 Å². The van der Waals surface area contributed by atoms with E-state index in [1.807, 2.05) is 0 Å². The molecule has 1 aromatic rings. The number of thiocarbonyl (C=S) groups is 1. The lowest BCUT2D eigenvalue weighted by Crippen LogP contribution is -2.38. The Bertz CT molecular complexity index is 607. The second-order valence-corrected chi connectivity index (χ2v) is 8.01. The average molecular weight is 400 g/mol. The number of halogens is 2. The van der Waals surface area contributed by atoms with Gasteiger partial charge in [0, 0.05) is 23.5 Å². The molecule has 112 valence electrons. The van der Waals surface area contributed by atoms with Gasteiger partial charge in [0.05, 0.1) is 14.9 Å². The van der Waals surface area contributed by atoms with Crippen molar-refractivity contribution in [2.45, 2.75) is 18.7 Å². The Labute approximate surface area is 138 Å². The van der Waals surface area contributed by atoms with E-state index in [0.29, 0.717) is 21.0 Å². The zero-order valence-corrected chi connectivity index (χ0v) is 15.1. The van der Waals surface area contributed by atoms with E-state index in [2.05, 4.69) is 15.9 Å². The summed E-state index contributed by atoms with van der Waals surface area (Å²) in [5, 5.41) is 0.462. The molecule has 4 nitrogen and oxygen atoms in total. The minimum Gasteiger partial charge on any atom is -0.393 e. The molecule has 0 radical (unpaired) electrons. The summed E-state index contributed by atoms with van der Waals surface area (Å²) in [7, 11) is -3.59. The molecule has 0 saturated carbocycles. The van der Waals surface area contributed by atoms with Crippen LogP contribution in [-0.4, -0.2) is 30.8 Å². The smallest absolute Gasteiger partial charge is 0.243 e. The fraction of sp³-hybridized carbons (Fsp3) is 0.417. The summed E-state index contributed by atoms with van der Waals surface area (Å²) in [6, 6.07) is 4.52. The average Bonchev–Trinajstić information content (AvgIpc) is 2.38. The lowest BCUT2D eigenvalue weighted by atomic mass is 10.2. The Kier molecular flexibility index (Phi) is 6.40. The second-order valence-electron chi connectivity index (χ2n) is 4.34. The van der Waals surface area contributed by atoms with Crippen molar-refractivity contribution in [2.24, 2.45) is 11.7 Å².